The number of anilines is 1. The standard InChI is InChI=1S/C17H19ClN4O4/c1-11-3-5-20(9-16(11)21-6-4-19-10-21)14-8-13(18)12(17(23)26-2)7-15(14)22(24)25/h4,6-8,10-11,16H,3,5,9H2,1-2H3. The number of benzene rings is 1. The monoisotopic (exact) mass is 378 g/mol. The van der Waals surface area contributed by atoms with Crippen LogP contribution in [0.5, 0.6) is 0 Å². The number of nitrogens with zero attached hydrogens (tertiary/aromatic N) is 4. The molecule has 0 amide bonds. The number of carbonyl (C=O) groups is 1. The summed E-state index contributed by atoms with van der Waals surface area (Å²) in [7, 11) is 1.21. The van der Waals surface area contributed by atoms with Crippen molar-refractivity contribution in [3.05, 3.63) is 51.6 Å². The molecule has 9 heteroatoms. The van der Waals surface area contributed by atoms with Gasteiger partial charge in [0.1, 0.15) is 5.69 Å². The summed E-state index contributed by atoms with van der Waals surface area (Å²) < 4.78 is 6.67. The molecule has 2 aromatic rings. The second-order valence-electron chi connectivity index (χ2n) is 6.36. The van der Waals surface area contributed by atoms with Crippen molar-refractivity contribution in [3.8, 4) is 0 Å². The summed E-state index contributed by atoms with van der Waals surface area (Å²) in [5.74, 6) is -0.294. The van der Waals surface area contributed by atoms with E-state index in [1.54, 1.807) is 12.5 Å². The quantitative estimate of drug-likeness (QED) is 0.460. The van der Waals surface area contributed by atoms with Crippen LogP contribution in [0.15, 0.2) is 30.9 Å². The Morgan fingerprint density at radius 3 is 2.85 bits per heavy atom. The molecule has 0 bridgehead atoms. The molecule has 138 valence electrons. The summed E-state index contributed by atoms with van der Waals surface area (Å²) in [6.07, 6.45) is 6.24. The van der Waals surface area contributed by atoms with Crippen LogP contribution in [0.3, 0.4) is 0 Å². The Morgan fingerprint density at radius 1 is 1.46 bits per heavy atom. The van der Waals surface area contributed by atoms with Crippen LogP contribution in [-0.4, -0.2) is 40.6 Å². The molecule has 0 N–H and O–H groups in total. The van der Waals surface area contributed by atoms with Gasteiger partial charge in [-0.1, -0.05) is 18.5 Å². The predicted molar refractivity (Wildman–Crippen MR) is 96.7 cm³/mol. The van der Waals surface area contributed by atoms with Gasteiger partial charge in [-0.25, -0.2) is 9.78 Å². The molecule has 2 atom stereocenters. The van der Waals surface area contributed by atoms with Crippen LogP contribution in [0.4, 0.5) is 11.4 Å². The Balaban J connectivity index is 1.98. The molecule has 2 heterocycles. The van der Waals surface area contributed by atoms with E-state index < -0.39 is 10.9 Å². The molecule has 0 aliphatic carbocycles. The lowest BCUT2D eigenvalue weighted by Gasteiger charge is -2.38. The van der Waals surface area contributed by atoms with Gasteiger partial charge in [0.15, 0.2) is 0 Å². The minimum Gasteiger partial charge on any atom is -0.465 e. The molecule has 0 saturated carbocycles. The molecule has 2 unspecified atom stereocenters. The first-order valence-corrected chi connectivity index (χ1v) is 8.58. The maximum Gasteiger partial charge on any atom is 0.339 e. The summed E-state index contributed by atoms with van der Waals surface area (Å²) >= 11 is 6.20. The summed E-state index contributed by atoms with van der Waals surface area (Å²) in [6.45, 7) is 3.41. The number of methoxy groups -OCH3 is 1. The zero-order valence-corrected chi connectivity index (χ0v) is 15.2. The largest absolute Gasteiger partial charge is 0.465 e. The fourth-order valence-electron chi connectivity index (χ4n) is 3.34. The number of ether oxygens (including phenoxy) is 1. The van der Waals surface area contributed by atoms with Crippen molar-refractivity contribution >= 4 is 28.9 Å². The summed E-state index contributed by atoms with van der Waals surface area (Å²) in [5, 5.41) is 11.7. The molecule has 8 nitrogen and oxygen atoms in total. The number of carbonyl (C=O) groups excluding carboxylic acids is 1. The number of aromatic nitrogens is 2. The molecule has 1 saturated heterocycles. The Bertz CT molecular complexity index is 824. The highest BCUT2D eigenvalue weighted by atomic mass is 35.5. The lowest BCUT2D eigenvalue weighted by atomic mass is 9.92. The van der Waals surface area contributed by atoms with Crippen molar-refractivity contribution in [1.82, 2.24) is 9.55 Å². The fourth-order valence-corrected chi connectivity index (χ4v) is 3.57. The topological polar surface area (TPSA) is 90.5 Å². The van der Waals surface area contributed by atoms with Crippen LogP contribution in [0.1, 0.15) is 29.7 Å². The van der Waals surface area contributed by atoms with Gasteiger partial charge in [0.2, 0.25) is 0 Å². The SMILES string of the molecule is COC(=O)c1cc([N+](=O)[O-])c(N2CCC(C)C(n3ccnc3)C2)cc1Cl. The average molecular weight is 379 g/mol. The third kappa shape index (κ3) is 3.37. The third-order valence-electron chi connectivity index (χ3n) is 4.83. The van der Waals surface area contributed by atoms with Gasteiger partial charge in [-0.05, 0) is 18.4 Å². The first kappa shape index (κ1) is 18.2. The highest BCUT2D eigenvalue weighted by Crippen LogP contribution is 2.38. The number of nitro groups is 1. The Hall–Kier alpha value is -2.61. The number of hydrogen-bond acceptors (Lipinski definition) is 6. The molecule has 3 rings (SSSR count). The first-order chi connectivity index (χ1) is 12.4. The average Bonchev–Trinajstić information content (AvgIpc) is 3.15. The van der Waals surface area contributed by atoms with E-state index in [1.807, 2.05) is 15.7 Å². The number of halogens is 1. The number of nitro benzene ring substituents is 1. The Labute approximate surface area is 155 Å². The van der Waals surface area contributed by atoms with Crippen LogP contribution in [0.2, 0.25) is 5.02 Å². The van der Waals surface area contributed by atoms with Crippen LogP contribution >= 0.6 is 11.6 Å². The van der Waals surface area contributed by atoms with E-state index in [2.05, 4.69) is 16.6 Å². The van der Waals surface area contributed by atoms with Crippen molar-refractivity contribution < 1.29 is 14.5 Å². The van der Waals surface area contributed by atoms with Gasteiger partial charge in [-0.3, -0.25) is 10.1 Å². The summed E-state index contributed by atoms with van der Waals surface area (Å²) in [4.78, 5) is 28.9. The van der Waals surface area contributed by atoms with Crippen molar-refractivity contribution in [2.24, 2.45) is 5.92 Å². The van der Waals surface area contributed by atoms with E-state index in [0.717, 1.165) is 6.42 Å². The van der Waals surface area contributed by atoms with Gasteiger partial charge in [0.25, 0.3) is 5.69 Å². The number of imidazole rings is 1. The van der Waals surface area contributed by atoms with Crippen molar-refractivity contribution in [1.29, 1.82) is 0 Å². The molecular weight excluding hydrogens is 360 g/mol. The van der Waals surface area contributed by atoms with E-state index in [4.69, 9.17) is 11.6 Å². The van der Waals surface area contributed by atoms with E-state index in [-0.39, 0.29) is 22.3 Å². The Kier molecular flexibility index (Phi) is 5.13. The normalized spacial score (nSPS) is 20.0. The zero-order chi connectivity index (χ0) is 18.8. The molecule has 0 radical (unpaired) electrons. The van der Waals surface area contributed by atoms with Gasteiger partial charge >= 0.3 is 5.97 Å². The van der Waals surface area contributed by atoms with E-state index >= 15 is 0 Å². The van der Waals surface area contributed by atoms with Crippen LogP contribution in [0.25, 0.3) is 0 Å². The minimum absolute atomic E-state index is 0.0128. The van der Waals surface area contributed by atoms with Crippen LogP contribution in [0, 0.1) is 16.0 Å². The number of piperidine rings is 1. The molecule has 1 aromatic carbocycles. The molecule has 0 spiro atoms. The number of esters is 1. The lowest BCUT2D eigenvalue weighted by Crippen LogP contribution is -2.40. The smallest absolute Gasteiger partial charge is 0.339 e. The maximum absolute atomic E-state index is 11.8. The predicted octanol–water partition coefficient (Wildman–Crippen LogP) is 3.32. The van der Waals surface area contributed by atoms with E-state index in [0.29, 0.717) is 24.7 Å². The van der Waals surface area contributed by atoms with E-state index in [9.17, 15) is 14.9 Å². The summed E-state index contributed by atoms with van der Waals surface area (Å²) in [5.41, 5.74) is 0.236. The maximum atomic E-state index is 11.8. The highest BCUT2D eigenvalue weighted by Gasteiger charge is 2.32. The molecule has 26 heavy (non-hydrogen) atoms. The van der Waals surface area contributed by atoms with E-state index in [1.165, 1.54) is 19.2 Å². The molecule has 1 fully saturated rings. The van der Waals surface area contributed by atoms with Crippen molar-refractivity contribution in [3.63, 3.8) is 0 Å². The fraction of sp³-hybridized carbons (Fsp3) is 0.412. The van der Waals surface area contributed by atoms with Crippen LogP contribution in [-0.2, 0) is 4.74 Å². The second kappa shape index (κ2) is 7.33. The highest BCUT2D eigenvalue weighted by molar-refractivity contribution is 6.34. The summed E-state index contributed by atoms with van der Waals surface area (Å²) in [6, 6.07) is 2.81. The second-order valence-corrected chi connectivity index (χ2v) is 6.77. The van der Waals surface area contributed by atoms with Gasteiger partial charge in [-0.2, -0.15) is 0 Å². The Morgan fingerprint density at radius 2 is 2.23 bits per heavy atom. The molecule has 1 aromatic heterocycles. The first-order valence-electron chi connectivity index (χ1n) is 8.21. The third-order valence-corrected chi connectivity index (χ3v) is 5.15. The van der Waals surface area contributed by atoms with Gasteiger partial charge < -0.3 is 14.2 Å². The molecular formula is C17H19ClN4O4. The zero-order valence-electron chi connectivity index (χ0n) is 14.5. The molecule has 1 aliphatic rings. The number of rotatable bonds is 4. The lowest BCUT2D eigenvalue weighted by molar-refractivity contribution is -0.384. The van der Waals surface area contributed by atoms with Crippen molar-refractivity contribution in [2.45, 2.75) is 19.4 Å². The van der Waals surface area contributed by atoms with Gasteiger partial charge in [0.05, 0.1) is 35.0 Å². The van der Waals surface area contributed by atoms with Crippen LogP contribution < -0.4 is 4.90 Å². The van der Waals surface area contributed by atoms with Gasteiger partial charge in [0, 0.05) is 31.5 Å². The van der Waals surface area contributed by atoms with Gasteiger partial charge in [-0.15, -0.1) is 0 Å². The number of hydrogen-bond donors (Lipinski definition) is 0. The minimum atomic E-state index is -0.701. The van der Waals surface area contributed by atoms with Crippen molar-refractivity contribution in [2.75, 3.05) is 25.1 Å². The molecule has 1 aliphatic heterocycles.